The first-order valence-electron chi connectivity index (χ1n) is 9.23. The number of rotatable bonds is 7. The van der Waals surface area contributed by atoms with Crippen LogP contribution >= 0.6 is 11.3 Å². The summed E-state index contributed by atoms with van der Waals surface area (Å²) < 4.78 is 1.88. The molecule has 2 N–H and O–H groups in total. The molecule has 0 spiro atoms. The van der Waals surface area contributed by atoms with Crippen molar-refractivity contribution < 1.29 is 4.79 Å². The number of amides is 2. The Morgan fingerprint density at radius 1 is 1.29 bits per heavy atom. The first kappa shape index (κ1) is 18.6. The summed E-state index contributed by atoms with van der Waals surface area (Å²) in [5.74, 6) is 0.767. The Morgan fingerprint density at radius 2 is 2.07 bits per heavy atom. The number of nitrogens with zero attached hydrogens (tertiary/aromatic N) is 5. The van der Waals surface area contributed by atoms with E-state index in [0.717, 1.165) is 29.9 Å². The monoisotopic (exact) mass is 397 g/mol. The molecule has 0 aliphatic heterocycles. The van der Waals surface area contributed by atoms with Gasteiger partial charge in [0.1, 0.15) is 0 Å². The zero-order chi connectivity index (χ0) is 19.5. The fourth-order valence-corrected chi connectivity index (χ4v) is 3.79. The summed E-state index contributed by atoms with van der Waals surface area (Å²) in [4.78, 5) is 14.4. The van der Waals surface area contributed by atoms with E-state index in [1.165, 1.54) is 5.56 Å². The second-order valence-electron chi connectivity index (χ2n) is 7.13. The zero-order valence-corrected chi connectivity index (χ0v) is 16.7. The van der Waals surface area contributed by atoms with Gasteiger partial charge in [-0.1, -0.05) is 0 Å². The first-order valence-corrected chi connectivity index (χ1v) is 10.2. The molecule has 1 aliphatic carbocycles. The molecule has 0 radical (unpaired) electrons. The highest BCUT2D eigenvalue weighted by molar-refractivity contribution is 7.07. The summed E-state index contributed by atoms with van der Waals surface area (Å²) >= 11 is 1.66. The van der Waals surface area contributed by atoms with Crippen LogP contribution in [0.4, 0.5) is 10.5 Å². The molecule has 2 amide bonds. The molecule has 0 bridgehead atoms. The van der Waals surface area contributed by atoms with Crippen molar-refractivity contribution in [3.63, 3.8) is 0 Å². The van der Waals surface area contributed by atoms with Gasteiger partial charge in [0.25, 0.3) is 0 Å². The van der Waals surface area contributed by atoms with Crippen LogP contribution in [0.1, 0.15) is 30.5 Å². The van der Waals surface area contributed by atoms with Crippen molar-refractivity contribution >= 4 is 23.1 Å². The lowest BCUT2D eigenvalue weighted by molar-refractivity contribution is 0.243. The number of aromatic nitrogens is 4. The van der Waals surface area contributed by atoms with Crippen LogP contribution in [-0.4, -0.2) is 51.8 Å². The van der Waals surface area contributed by atoms with Crippen molar-refractivity contribution in [1.82, 2.24) is 30.4 Å². The average molecular weight is 398 g/mol. The maximum atomic E-state index is 12.3. The number of hydrogen-bond acceptors (Lipinski definition) is 6. The zero-order valence-electron chi connectivity index (χ0n) is 15.9. The van der Waals surface area contributed by atoms with Gasteiger partial charge in [0, 0.05) is 17.8 Å². The third-order valence-electron chi connectivity index (χ3n) is 4.79. The average Bonchev–Trinajstić information content (AvgIpc) is 3.17. The lowest BCUT2D eigenvalue weighted by Gasteiger charge is -2.24. The number of hydrogen-bond donors (Lipinski definition) is 2. The summed E-state index contributed by atoms with van der Waals surface area (Å²) in [6.45, 7) is 0.532. The molecule has 2 aromatic heterocycles. The van der Waals surface area contributed by atoms with Gasteiger partial charge in [0.05, 0.1) is 12.1 Å². The van der Waals surface area contributed by atoms with Crippen molar-refractivity contribution in [2.45, 2.75) is 24.9 Å². The number of carbonyl (C=O) groups is 1. The van der Waals surface area contributed by atoms with Crippen molar-refractivity contribution in [2.24, 2.45) is 0 Å². The fourth-order valence-electron chi connectivity index (χ4n) is 3.08. The highest BCUT2D eigenvalue weighted by atomic mass is 32.1. The molecule has 28 heavy (non-hydrogen) atoms. The van der Waals surface area contributed by atoms with Gasteiger partial charge < -0.3 is 15.5 Å². The molecule has 1 fully saturated rings. The minimum absolute atomic E-state index is 0.140. The Kier molecular flexibility index (Phi) is 5.36. The molecule has 1 aromatic carbocycles. The number of tetrazole rings is 1. The van der Waals surface area contributed by atoms with E-state index in [0.29, 0.717) is 12.6 Å². The molecule has 3 aromatic rings. The number of anilines is 1. The van der Waals surface area contributed by atoms with Crippen LogP contribution in [0.5, 0.6) is 0 Å². The van der Waals surface area contributed by atoms with Crippen molar-refractivity contribution in [3.8, 4) is 11.4 Å². The minimum Gasteiger partial charge on any atom is -0.336 e. The number of thiophene rings is 1. The predicted molar refractivity (Wildman–Crippen MR) is 109 cm³/mol. The van der Waals surface area contributed by atoms with E-state index in [1.54, 1.807) is 11.3 Å². The minimum atomic E-state index is -0.224. The quantitative estimate of drug-likeness (QED) is 0.639. The van der Waals surface area contributed by atoms with Crippen LogP contribution in [0.2, 0.25) is 0 Å². The van der Waals surface area contributed by atoms with E-state index < -0.39 is 0 Å². The molecular formula is C19H23N7OS. The summed E-state index contributed by atoms with van der Waals surface area (Å²) in [6.07, 6.45) is 2.24. The van der Waals surface area contributed by atoms with Gasteiger partial charge in [-0.3, -0.25) is 0 Å². The number of nitrogens with one attached hydrogen (secondary N) is 2. The second kappa shape index (κ2) is 8.07. The van der Waals surface area contributed by atoms with Crippen LogP contribution in [0, 0.1) is 0 Å². The molecule has 8 nitrogen and oxygen atoms in total. The van der Waals surface area contributed by atoms with Crippen LogP contribution in [0.3, 0.4) is 0 Å². The van der Waals surface area contributed by atoms with Crippen molar-refractivity contribution in [3.05, 3.63) is 46.7 Å². The normalized spacial score (nSPS) is 14.8. The molecule has 146 valence electrons. The van der Waals surface area contributed by atoms with E-state index in [2.05, 4.69) is 42.5 Å². The molecule has 2 heterocycles. The Hall–Kier alpha value is -2.78. The lowest BCUT2D eigenvalue weighted by Crippen LogP contribution is -2.36. The Labute approximate surface area is 167 Å². The van der Waals surface area contributed by atoms with E-state index in [-0.39, 0.29) is 12.1 Å². The highest BCUT2D eigenvalue weighted by Crippen LogP contribution is 2.36. The van der Waals surface area contributed by atoms with Gasteiger partial charge in [0.15, 0.2) is 5.82 Å². The van der Waals surface area contributed by atoms with Gasteiger partial charge in [-0.25, -0.2) is 9.48 Å². The number of urea groups is 1. The summed E-state index contributed by atoms with van der Waals surface area (Å²) in [5, 5.41) is 22.0. The smallest absolute Gasteiger partial charge is 0.319 e. The molecule has 4 rings (SSSR count). The topological polar surface area (TPSA) is 88.0 Å². The van der Waals surface area contributed by atoms with Crippen LogP contribution in [0.15, 0.2) is 41.1 Å². The molecule has 0 saturated heterocycles. The Morgan fingerprint density at radius 3 is 2.71 bits per heavy atom. The molecule has 1 aliphatic rings. The van der Waals surface area contributed by atoms with E-state index in [4.69, 9.17) is 0 Å². The number of benzene rings is 1. The van der Waals surface area contributed by atoms with Gasteiger partial charge in [-0.05, 0) is 84.0 Å². The van der Waals surface area contributed by atoms with Gasteiger partial charge in [-0.15, -0.1) is 5.10 Å². The van der Waals surface area contributed by atoms with E-state index in [9.17, 15) is 4.79 Å². The van der Waals surface area contributed by atoms with Crippen molar-refractivity contribution in [2.75, 3.05) is 26.0 Å². The van der Waals surface area contributed by atoms with E-state index in [1.807, 2.05) is 48.4 Å². The van der Waals surface area contributed by atoms with Gasteiger partial charge in [0.2, 0.25) is 0 Å². The van der Waals surface area contributed by atoms with E-state index >= 15 is 0 Å². The molecule has 9 heteroatoms. The van der Waals surface area contributed by atoms with Crippen LogP contribution < -0.4 is 10.6 Å². The summed E-state index contributed by atoms with van der Waals surface area (Å²) in [5.41, 5.74) is 2.87. The fraction of sp³-hybridized carbons (Fsp3) is 0.368. The second-order valence-corrected chi connectivity index (χ2v) is 7.91. The predicted octanol–water partition coefficient (Wildman–Crippen LogP) is 3.16. The standard InChI is InChI=1S/C19H23N7OS/c1-25(2)17(14-9-10-28-12-14)11-20-19(27)21-15-5-3-13(4-6-15)18-22-23-24-26(18)16-7-8-16/h3-6,9-10,12,16-17H,7-8,11H2,1-2H3,(H2,20,21,27). The largest absolute Gasteiger partial charge is 0.336 e. The van der Waals surface area contributed by atoms with Gasteiger partial charge >= 0.3 is 6.03 Å². The third-order valence-corrected chi connectivity index (χ3v) is 5.50. The molecule has 1 atom stereocenters. The number of carbonyl (C=O) groups excluding carboxylic acids is 1. The number of likely N-dealkylation sites (N-methyl/N-ethyl adjacent to an activating group) is 1. The highest BCUT2D eigenvalue weighted by Gasteiger charge is 2.28. The lowest BCUT2D eigenvalue weighted by atomic mass is 10.1. The molecule has 1 saturated carbocycles. The Bertz CT molecular complexity index is 916. The Balaban J connectivity index is 1.35. The summed E-state index contributed by atoms with van der Waals surface area (Å²) in [6, 6.07) is 10.00. The maximum absolute atomic E-state index is 12.3. The molecule has 1 unspecified atom stereocenters. The maximum Gasteiger partial charge on any atom is 0.319 e. The molecular weight excluding hydrogens is 374 g/mol. The first-order chi connectivity index (χ1) is 13.6. The van der Waals surface area contributed by atoms with Gasteiger partial charge in [-0.2, -0.15) is 11.3 Å². The summed E-state index contributed by atoms with van der Waals surface area (Å²) in [7, 11) is 4.02. The van der Waals surface area contributed by atoms with Crippen molar-refractivity contribution in [1.29, 1.82) is 0 Å². The van der Waals surface area contributed by atoms with Crippen LogP contribution in [0.25, 0.3) is 11.4 Å². The third kappa shape index (κ3) is 4.20. The SMILES string of the molecule is CN(C)C(CNC(=O)Nc1ccc(-c2nnnn2C2CC2)cc1)c1ccsc1. The van der Waals surface area contributed by atoms with Crippen LogP contribution in [-0.2, 0) is 0 Å².